The van der Waals surface area contributed by atoms with Gasteiger partial charge in [-0.3, -0.25) is 4.79 Å². The molecule has 2 aromatic heterocycles. The lowest BCUT2D eigenvalue weighted by molar-refractivity contribution is 0.534. The van der Waals surface area contributed by atoms with E-state index in [9.17, 15) is 4.79 Å². The number of rotatable bonds is 5. The van der Waals surface area contributed by atoms with Gasteiger partial charge in [0.15, 0.2) is 0 Å². The molecule has 0 aliphatic heterocycles. The first-order chi connectivity index (χ1) is 9.65. The molecule has 0 aromatic carbocycles. The largest absolute Gasteiger partial charge is 0.374 e. The van der Waals surface area contributed by atoms with E-state index in [0.717, 1.165) is 9.35 Å². The van der Waals surface area contributed by atoms with E-state index < -0.39 is 0 Å². The van der Waals surface area contributed by atoms with E-state index in [1.54, 1.807) is 11.3 Å². The Morgan fingerprint density at radius 1 is 1.55 bits per heavy atom. The molecule has 2 aromatic rings. The van der Waals surface area contributed by atoms with Crippen molar-refractivity contribution in [2.75, 3.05) is 5.32 Å². The fourth-order valence-electron chi connectivity index (χ4n) is 1.92. The summed E-state index contributed by atoms with van der Waals surface area (Å²) in [5, 5.41) is 9.61. The van der Waals surface area contributed by atoms with Gasteiger partial charge in [-0.1, -0.05) is 11.6 Å². The van der Waals surface area contributed by atoms with Crippen LogP contribution in [0.1, 0.15) is 17.7 Å². The second-order valence-electron chi connectivity index (χ2n) is 4.84. The first kappa shape index (κ1) is 14.1. The van der Waals surface area contributed by atoms with E-state index in [0.29, 0.717) is 29.7 Å². The van der Waals surface area contributed by atoms with E-state index in [4.69, 9.17) is 11.6 Å². The normalized spacial score (nSPS) is 14.5. The molecular formula is C13H13BrClN3OS. The summed E-state index contributed by atoms with van der Waals surface area (Å²) in [4.78, 5) is 13.5. The quantitative estimate of drug-likeness (QED) is 0.867. The van der Waals surface area contributed by atoms with E-state index in [1.807, 2.05) is 11.4 Å². The summed E-state index contributed by atoms with van der Waals surface area (Å²) in [5.74, 6) is 0.598. The van der Waals surface area contributed by atoms with Crippen molar-refractivity contribution in [3.63, 3.8) is 0 Å². The Morgan fingerprint density at radius 2 is 2.35 bits per heavy atom. The van der Waals surface area contributed by atoms with Crippen LogP contribution >= 0.6 is 38.9 Å². The topological polar surface area (TPSA) is 46.9 Å². The van der Waals surface area contributed by atoms with Crippen LogP contribution in [0.15, 0.2) is 26.9 Å². The molecule has 0 spiro atoms. The Morgan fingerprint density at radius 3 is 3.00 bits per heavy atom. The minimum atomic E-state index is -0.142. The summed E-state index contributed by atoms with van der Waals surface area (Å²) < 4.78 is 2.55. The highest BCUT2D eigenvalue weighted by Gasteiger charge is 2.23. The van der Waals surface area contributed by atoms with Gasteiger partial charge in [0.25, 0.3) is 5.56 Å². The molecule has 2 heterocycles. The third-order valence-electron chi connectivity index (χ3n) is 3.24. The monoisotopic (exact) mass is 373 g/mol. The Kier molecular flexibility index (Phi) is 4.14. The molecule has 106 valence electrons. The van der Waals surface area contributed by atoms with Crippen LogP contribution in [0.4, 0.5) is 5.69 Å². The number of aromatic nitrogens is 2. The van der Waals surface area contributed by atoms with Crippen LogP contribution in [-0.2, 0) is 13.1 Å². The first-order valence-corrected chi connectivity index (χ1v) is 8.41. The summed E-state index contributed by atoms with van der Waals surface area (Å²) in [5.41, 5.74) is 0.291. The van der Waals surface area contributed by atoms with Crippen LogP contribution in [0.2, 0.25) is 5.02 Å². The molecule has 0 radical (unpaired) electrons. The van der Waals surface area contributed by atoms with Crippen molar-refractivity contribution in [1.29, 1.82) is 0 Å². The standard InChI is InChI=1S/C13H13BrClN3OS/c14-9-3-4-20-11(9)6-16-12-10(15)5-17-18(13(12)19)7-8-1-2-8/h3-5,8,16H,1-2,6-7H2. The third kappa shape index (κ3) is 3.07. The lowest BCUT2D eigenvalue weighted by Crippen LogP contribution is -2.26. The molecule has 7 heteroatoms. The van der Waals surface area contributed by atoms with Gasteiger partial charge in [0, 0.05) is 15.9 Å². The maximum Gasteiger partial charge on any atom is 0.291 e. The number of hydrogen-bond acceptors (Lipinski definition) is 4. The molecule has 20 heavy (non-hydrogen) atoms. The Bertz CT molecular complexity index is 680. The summed E-state index contributed by atoms with van der Waals surface area (Å²) in [7, 11) is 0. The van der Waals surface area contributed by atoms with Crippen molar-refractivity contribution in [3.05, 3.63) is 42.4 Å². The summed E-state index contributed by atoms with van der Waals surface area (Å²) in [6.45, 7) is 1.26. The van der Waals surface area contributed by atoms with Crippen LogP contribution in [0, 0.1) is 5.92 Å². The minimum absolute atomic E-state index is 0.142. The van der Waals surface area contributed by atoms with Gasteiger partial charge in [-0.05, 0) is 46.1 Å². The number of nitrogens with zero attached hydrogens (tertiary/aromatic N) is 2. The lowest BCUT2D eigenvalue weighted by Gasteiger charge is -2.10. The maximum atomic E-state index is 12.3. The van der Waals surface area contributed by atoms with Gasteiger partial charge in [0.2, 0.25) is 0 Å². The molecular weight excluding hydrogens is 362 g/mol. The van der Waals surface area contributed by atoms with Gasteiger partial charge in [-0.15, -0.1) is 11.3 Å². The van der Waals surface area contributed by atoms with Gasteiger partial charge in [-0.2, -0.15) is 5.10 Å². The highest BCUT2D eigenvalue weighted by molar-refractivity contribution is 9.10. The molecule has 1 aliphatic rings. The van der Waals surface area contributed by atoms with E-state index in [-0.39, 0.29) is 5.56 Å². The lowest BCUT2D eigenvalue weighted by atomic mass is 10.4. The smallest absolute Gasteiger partial charge is 0.291 e. The molecule has 1 aliphatic carbocycles. The van der Waals surface area contributed by atoms with Crippen LogP contribution < -0.4 is 10.9 Å². The summed E-state index contributed by atoms with van der Waals surface area (Å²) in [6, 6.07) is 1.99. The molecule has 1 N–H and O–H groups in total. The van der Waals surface area contributed by atoms with E-state index in [1.165, 1.54) is 23.7 Å². The van der Waals surface area contributed by atoms with E-state index in [2.05, 4.69) is 26.3 Å². The number of anilines is 1. The van der Waals surface area contributed by atoms with Gasteiger partial charge in [0.1, 0.15) is 5.69 Å². The zero-order valence-electron chi connectivity index (χ0n) is 10.6. The van der Waals surface area contributed by atoms with Crippen LogP contribution in [0.25, 0.3) is 0 Å². The molecule has 0 saturated heterocycles. The fraction of sp³-hybridized carbons (Fsp3) is 0.385. The van der Waals surface area contributed by atoms with Gasteiger partial charge in [-0.25, -0.2) is 4.68 Å². The van der Waals surface area contributed by atoms with Crippen LogP contribution in [0.5, 0.6) is 0 Å². The number of halogens is 2. The molecule has 4 nitrogen and oxygen atoms in total. The SMILES string of the molecule is O=c1c(NCc2sccc2Br)c(Cl)cnn1CC1CC1. The molecule has 3 rings (SSSR count). The van der Waals surface area contributed by atoms with Crippen LogP contribution in [-0.4, -0.2) is 9.78 Å². The Balaban J connectivity index is 1.80. The number of thiophene rings is 1. The second-order valence-corrected chi connectivity index (χ2v) is 7.11. The van der Waals surface area contributed by atoms with E-state index >= 15 is 0 Å². The van der Waals surface area contributed by atoms with Crippen molar-refractivity contribution in [2.24, 2.45) is 5.92 Å². The zero-order chi connectivity index (χ0) is 14.1. The van der Waals surface area contributed by atoms with Crippen molar-refractivity contribution < 1.29 is 0 Å². The average Bonchev–Trinajstić information content (AvgIpc) is 3.15. The maximum absolute atomic E-state index is 12.3. The highest BCUT2D eigenvalue weighted by atomic mass is 79.9. The molecule has 0 bridgehead atoms. The van der Waals surface area contributed by atoms with Gasteiger partial charge in [0.05, 0.1) is 17.8 Å². The summed E-state index contributed by atoms with van der Waals surface area (Å²) >= 11 is 11.2. The summed E-state index contributed by atoms with van der Waals surface area (Å²) in [6.07, 6.45) is 3.90. The number of nitrogens with one attached hydrogen (secondary N) is 1. The average molecular weight is 375 g/mol. The molecule has 0 atom stereocenters. The van der Waals surface area contributed by atoms with Crippen molar-refractivity contribution in [2.45, 2.75) is 25.9 Å². The molecule has 0 unspecified atom stereocenters. The molecule has 1 saturated carbocycles. The predicted octanol–water partition coefficient (Wildman–Crippen LogP) is 3.74. The molecule has 1 fully saturated rings. The van der Waals surface area contributed by atoms with Crippen molar-refractivity contribution in [3.8, 4) is 0 Å². The molecule has 0 amide bonds. The van der Waals surface area contributed by atoms with Gasteiger partial charge >= 0.3 is 0 Å². The highest BCUT2D eigenvalue weighted by Crippen LogP contribution is 2.30. The number of hydrogen-bond donors (Lipinski definition) is 1. The first-order valence-electron chi connectivity index (χ1n) is 6.36. The van der Waals surface area contributed by atoms with Crippen LogP contribution in [0.3, 0.4) is 0 Å². The van der Waals surface area contributed by atoms with Crippen molar-refractivity contribution in [1.82, 2.24) is 9.78 Å². The third-order valence-corrected chi connectivity index (χ3v) is 5.46. The fourth-order valence-corrected chi connectivity index (χ4v) is 3.55. The Hall–Kier alpha value is -0.850. The van der Waals surface area contributed by atoms with Crippen molar-refractivity contribution >= 4 is 44.6 Å². The zero-order valence-corrected chi connectivity index (χ0v) is 13.8. The van der Waals surface area contributed by atoms with Gasteiger partial charge < -0.3 is 5.32 Å². The second kappa shape index (κ2) is 5.87. The predicted molar refractivity (Wildman–Crippen MR) is 85.6 cm³/mol. The Labute approximate surface area is 133 Å². The minimum Gasteiger partial charge on any atom is -0.374 e.